The number of aromatic nitrogens is 1. The van der Waals surface area contributed by atoms with Crippen LogP contribution in [0.15, 0.2) is 5.38 Å². The van der Waals surface area contributed by atoms with E-state index in [0.717, 1.165) is 18.5 Å². The molecule has 1 fully saturated rings. The van der Waals surface area contributed by atoms with E-state index in [4.69, 9.17) is 5.73 Å². The average molecular weight is 296 g/mol. The minimum Gasteiger partial charge on any atom is -0.370 e. The smallest absolute Gasteiger partial charge is 0.321 e. The van der Waals surface area contributed by atoms with Gasteiger partial charge in [0.1, 0.15) is 0 Å². The van der Waals surface area contributed by atoms with Gasteiger partial charge in [-0.2, -0.15) is 0 Å². The van der Waals surface area contributed by atoms with Crippen molar-refractivity contribution in [2.24, 2.45) is 5.73 Å². The van der Waals surface area contributed by atoms with Crippen LogP contribution in [0.3, 0.4) is 0 Å². The fourth-order valence-electron chi connectivity index (χ4n) is 2.30. The van der Waals surface area contributed by atoms with Crippen LogP contribution in [0.5, 0.6) is 0 Å². The number of nitrogens with two attached hydrogens (primary N) is 1. The van der Waals surface area contributed by atoms with Crippen molar-refractivity contribution in [1.29, 1.82) is 0 Å². The lowest BCUT2D eigenvalue weighted by atomic mass is 9.96. The molecule has 6 nitrogen and oxygen atoms in total. The Morgan fingerprint density at radius 2 is 2.10 bits per heavy atom. The van der Waals surface area contributed by atoms with Gasteiger partial charge in [-0.3, -0.25) is 10.1 Å². The minimum atomic E-state index is -0.345. The van der Waals surface area contributed by atoms with E-state index in [-0.39, 0.29) is 24.4 Å². The van der Waals surface area contributed by atoms with Gasteiger partial charge in [0.25, 0.3) is 0 Å². The molecule has 0 aliphatic heterocycles. The Morgan fingerprint density at radius 3 is 2.80 bits per heavy atom. The number of carbonyl (C=O) groups excluding carboxylic acids is 2. The number of primary amides is 1. The highest BCUT2D eigenvalue weighted by Crippen LogP contribution is 2.19. The van der Waals surface area contributed by atoms with Crippen molar-refractivity contribution in [2.75, 3.05) is 5.32 Å². The van der Waals surface area contributed by atoms with Crippen LogP contribution in [-0.2, 0) is 11.2 Å². The van der Waals surface area contributed by atoms with Crippen LogP contribution in [0.2, 0.25) is 0 Å². The van der Waals surface area contributed by atoms with Gasteiger partial charge in [-0.15, -0.1) is 11.3 Å². The highest BCUT2D eigenvalue weighted by molar-refractivity contribution is 7.13. The number of anilines is 1. The summed E-state index contributed by atoms with van der Waals surface area (Å²) in [5.74, 6) is -0.345. The third-order valence-corrected chi connectivity index (χ3v) is 4.15. The summed E-state index contributed by atoms with van der Waals surface area (Å²) in [5, 5.41) is 8.09. The largest absolute Gasteiger partial charge is 0.370 e. The van der Waals surface area contributed by atoms with Gasteiger partial charge < -0.3 is 11.1 Å². The molecule has 1 aromatic heterocycles. The van der Waals surface area contributed by atoms with E-state index in [1.165, 1.54) is 30.6 Å². The van der Waals surface area contributed by atoms with Crippen molar-refractivity contribution in [3.63, 3.8) is 0 Å². The maximum absolute atomic E-state index is 11.8. The summed E-state index contributed by atoms with van der Waals surface area (Å²) >= 11 is 1.36. The quantitative estimate of drug-likeness (QED) is 0.775. The molecule has 4 N–H and O–H groups in total. The molecule has 1 heterocycles. The fraction of sp³-hybridized carbons (Fsp3) is 0.615. The second-order valence-corrected chi connectivity index (χ2v) is 5.90. The third kappa shape index (κ3) is 4.80. The number of carbonyl (C=O) groups is 2. The highest BCUT2D eigenvalue weighted by Gasteiger charge is 2.16. The Hall–Kier alpha value is -1.63. The predicted molar refractivity (Wildman–Crippen MR) is 78.7 cm³/mol. The first kappa shape index (κ1) is 14.8. The van der Waals surface area contributed by atoms with Crippen LogP contribution in [0, 0.1) is 0 Å². The number of hydrogen-bond donors (Lipinski definition) is 3. The summed E-state index contributed by atoms with van der Waals surface area (Å²) < 4.78 is 0. The second-order valence-electron chi connectivity index (χ2n) is 5.04. The summed E-state index contributed by atoms with van der Waals surface area (Å²) in [6, 6.07) is 0.0748. The van der Waals surface area contributed by atoms with Gasteiger partial charge in [0.2, 0.25) is 5.91 Å². The SMILES string of the molecule is NC(=O)CCc1csc(NC(=O)NC2CCCCC2)n1. The van der Waals surface area contributed by atoms with Crippen molar-refractivity contribution in [1.82, 2.24) is 10.3 Å². The molecule has 3 amide bonds. The predicted octanol–water partition coefficient (Wildman–Crippen LogP) is 2.02. The molecule has 1 aliphatic carbocycles. The van der Waals surface area contributed by atoms with Gasteiger partial charge in [-0.25, -0.2) is 9.78 Å². The summed E-state index contributed by atoms with van der Waals surface area (Å²) in [7, 11) is 0. The first-order valence-corrected chi connectivity index (χ1v) is 7.81. The zero-order chi connectivity index (χ0) is 14.4. The standard InChI is InChI=1S/C13H20N4O2S/c14-11(18)7-6-10-8-20-13(16-10)17-12(19)15-9-4-2-1-3-5-9/h8-9H,1-7H2,(H2,14,18)(H2,15,16,17,19). The summed E-state index contributed by atoms with van der Waals surface area (Å²) in [6.45, 7) is 0. The van der Waals surface area contributed by atoms with Gasteiger partial charge in [-0.05, 0) is 19.3 Å². The van der Waals surface area contributed by atoms with Crippen LogP contribution in [0.1, 0.15) is 44.2 Å². The number of amides is 3. The normalized spacial score (nSPS) is 15.8. The molecule has 20 heavy (non-hydrogen) atoms. The van der Waals surface area contributed by atoms with E-state index in [1.54, 1.807) is 0 Å². The van der Waals surface area contributed by atoms with E-state index in [9.17, 15) is 9.59 Å². The number of hydrogen-bond acceptors (Lipinski definition) is 4. The fourth-order valence-corrected chi connectivity index (χ4v) is 3.04. The molecule has 1 aromatic rings. The van der Waals surface area contributed by atoms with Crippen LogP contribution in [0.4, 0.5) is 9.93 Å². The van der Waals surface area contributed by atoms with Crippen molar-refractivity contribution in [3.05, 3.63) is 11.1 Å². The van der Waals surface area contributed by atoms with Crippen LogP contribution >= 0.6 is 11.3 Å². The number of thiazole rings is 1. The maximum atomic E-state index is 11.8. The van der Waals surface area contributed by atoms with Gasteiger partial charge in [0, 0.05) is 17.8 Å². The topological polar surface area (TPSA) is 97.1 Å². The molecular weight excluding hydrogens is 276 g/mol. The molecule has 0 saturated heterocycles. The van der Waals surface area contributed by atoms with E-state index >= 15 is 0 Å². The van der Waals surface area contributed by atoms with Crippen molar-refractivity contribution in [3.8, 4) is 0 Å². The van der Waals surface area contributed by atoms with Gasteiger partial charge in [-0.1, -0.05) is 19.3 Å². The molecule has 7 heteroatoms. The lowest BCUT2D eigenvalue weighted by molar-refractivity contribution is -0.118. The second kappa shape index (κ2) is 7.23. The monoisotopic (exact) mass is 296 g/mol. The van der Waals surface area contributed by atoms with E-state index < -0.39 is 0 Å². The zero-order valence-corrected chi connectivity index (χ0v) is 12.2. The average Bonchev–Trinajstić information content (AvgIpc) is 2.85. The molecule has 0 atom stereocenters. The molecular formula is C13H20N4O2S. The first-order valence-electron chi connectivity index (χ1n) is 6.93. The summed E-state index contributed by atoms with van der Waals surface area (Å²) in [5.41, 5.74) is 5.87. The lowest BCUT2D eigenvalue weighted by Crippen LogP contribution is -2.38. The molecule has 0 bridgehead atoms. The number of nitrogens with zero attached hydrogens (tertiary/aromatic N) is 1. The minimum absolute atomic E-state index is 0.201. The molecule has 110 valence electrons. The molecule has 0 radical (unpaired) electrons. The third-order valence-electron chi connectivity index (χ3n) is 3.34. The Labute approximate surface area is 122 Å². The van der Waals surface area contributed by atoms with Gasteiger partial charge in [0.15, 0.2) is 5.13 Å². The van der Waals surface area contributed by atoms with E-state index in [2.05, 4.69) is 15.6 Å². The van der Waals surface area contributed by atoms with E-state index in [1.807, 2.05) is 5.38 Å². The maximum Gasteiger partial charge on any atom is 0.321 e. The van der Waals surface area contributed by atoms with Crippen molar-refractivity contribution < 1.29 is 9.59 Å². The number of urea groups is 1. The number of nitrogens with one attached hydrogen (secondary N) is 2. The van der Waals surface area contributed by atoms with Crippen LogP contribution in [-0.4, -0.2) is 23.0 Å². The Kier molecular flexibility index (Phi) is 5.34. The van der Waals surface area contributed by atoms with Gasteiger partial charge in [0.05, 0.1) is 5.69 Å². The molecule has 0 aromatic carbocycles. The Bertz CT molecular complexity index is 469. The molecule has 0 unspecified atom stereocenters. The highest BCUT2D eigenvalue weighted by atomic mass is 32.1. The number of aryl methyl sites for hydroxylation is 1. The van der Waals surface area contributed by atoms with Crippen LogP contribution in [0.25, 0.3) is 0 Å². The molecule has 2 rings (SSSR count). The summed E-state index contributed by atoms with van der Waals surface area (Å²) in [6.07, 6.45) is 6.51. The Morgan fingerprint density at radius 1 is 1.35 bits per heavy atom. The van der Waals surface area contributed by atoms with Crippen LogP contribution < -0.4 is 16.4 Å². The molecule has 0 spiro atoms. The number of rotatable bonds is 5. The molecule has 1 saturated carbocycles. The van der Waals surface area contributed by atoms with Crippen molar-refractivity contribution in [2.45, 2.75) is 51.0 Å². The summed E-state index contributed by atoms with van der Waals surface area (Å²) in [4.78, 5) is 26.8. The lowest BCUT2D eigenvalue weighted by Gasteiger charge is -2.22. The Balaban J connectivity index is 1.77. The van der Waals surface area contributed by atoms with E-state index in [0.29, 0.717) is 11.6 Å². The zero-order valence-electron chi connectivity index (χ0n) is 11.4. The first-order chi connectivity index (χ1) is 9.63. The van der Waals surface area contributed by atoms with Crippen molar-refractivity contribution >= 4 is 28.4 Å². The molecule has 1 aliphatic rings. The van der Waals surface area contributed by atoms with Gasteiger partial charge >= 0.3 is 6.03 Å².